The second kappa shape index (κ2) is 6.93. The Morgan fingerprint density at radius 3 is 2.41 bits per heavy atom. The maximum atomic E-state index is 12.4. The largest absolute Gasteiger partial charge is 0.469 e. The summed E-state index contributed by atoms with van der Waals surface area (Å²) in [5.41, 5.74) is 2.22. The van der Waals surface area contributed by atoms with E-state index in [0.717, 1.165) is 11.3 Å². The summed E-state index contributed by atoms with van der Waals surface area (Å²) in [6.07, 6.45) is 1.71. The van der Waals surface area contributed by atoms with Crippen LogP contribution >= 0.6 is 0 Å². The molecule has 0 aliphatic heterocycles. The van der Waals surface area contributed by atoms with Gasteiger partial charge in [0.25, 0.3) is 5.91 Å². The first-order valence-corrected chi connectivity index (χ1v) is 7.12. The summed E-state index contributed by atoms with van der Waals surface area (Å²) in [6.45, 7) is 3.57. The molecule has 2 N–H and O–H groups in total. The number of benzene rings is 1. The van der Waals surface area contributed by atoms with Crippen LogP contribution in [-0.4, -0.2) is 24.0 Å². The summed E-state index contributed by atoms with van der Waals surface area (Å²) in [6, 6.07) is 10.7. The third-order valence-corrected chi connectivity index (χ3v) is 3.72. The molecule has 5 nitrogen and oxygen atoms in total. The van der Waals surface area contributed by atoms with E-state index in [9.17, 15) is 9.59 Å². The first kappa shape index (κ1) is 15.8. The fourth-order valence-electron chi connectivity index (χ4n) is 2.40. The number of carbonyl (C=O) groups excluding carboxylic acids is 2. The van der Waals surface area contributed by atoms with Crippen molar-refractivity contribution >= 4 is 11.9 Å². The molecule has 2 rings (SSSR count). The Balaban J connectivity index is 2.27. The van der Waals surface area contributed by atoms with E-state index in [-0.39, 0.29) is 11.9 Å². The highest BCUT2D eigenvalue weighted by molar-refractivity contribution is 5.95. The minimum atomic E-state index is -0.490. The van der Waals surface area contributed by atoms with E-state index in [1.807, 2.05) is 37.3 Å². The Morgan fingerprint density at radius 1 is 1.18 bits per heavy atom. The van der Waals surface area contributed by atoms with Crippen molar-refractivity contribution in [3.8, 4) is 0 Å². The summed E-state index contributed by atoms with van der Waals surface area (Å²) in [7, 11) is 1.35. The summed E-state index contributed by atoms with van der Waals surface area (Å²) >= 11 is 0. The van der Waals surface area contributed by atoms with E-state index >= 15 is 0 Å². The highest BCUT2D eigenvalue weighted by Gasteiger charge is 2.28. The average Bonchev–Trinajstić information content (AvgIpc) is 2.98. The Kier molecular flexibility index (Phi) is 4.99. The minimum absolute atomic E-state index is 0.219. The van der Waals surface area contributed by atoms with Gasteiger partial charge in [-0.2, -0.15) is 0 Å². The van der Waals surface area contributed by atoms with Gasteiger partial charge in [0.1, 0.15) is 0 Å². The summed E-state index contributed by atoms with van der Waals surface area (Å²) in [5, 5.41) is 2.93. The fourth-order valence-corrected chi connectivity index (χ4v) is 2.40. The lowest BCUT2D eigenvalue weighted by molar-refractivity contribution is -0.145. The Morgan fingerprint density at radius 2 is 1.86 bits per heavy atom. The number of methoxy groups -OCH3 is 1. The van der Waals surface area contributed by atoms with E-state index in [1.54, 1.807) is 19.2 Å². The summed E-state index contributed by atoms with van der Waals surface area (Å²) < 4.78 is 4.81. The van der Waals surface area contributed by atoms with E-state index < -0.39 is 12.0 Å². The number of amides is 1. The number of aromatic amines is 1. The molecule has 0 unspecified atom stereocenters. The van der Waals surface area contributed by atoms with Gasteiger partial charge in [-0.3, -0.25) is 9.59 Å². The molecule has 1 aromatic heterocycles. The zero-order valence-electron chi connectivity index (χ0n) is 12.9. The van der Waals surface area contributed by atoms with Crippen LogP contribution in [-0.2, 0) is 9.53 Å². The fraction of sp³-hybridized carbons (Fsp3) is 0.294. The lowest BCUT2D eigenvalue weighted by atomic mass is 9.94. The van der Waals surface area contributed by atoms with Crippen molar-refractivity contribution in [2.75, 3.05) is 7.11 Å². The number of esters is 1. The van der Waals surface area contributed by atoms with Crippen molar-refractivity contribution in [1.29, 1.82) is 0 Å². The van der Waals surface area contributed by atoms with Crippen molar-refractivity contribution < 1.29 is 14.3 Å². The lowest BCUT2D eigenvalue weighted by Crippen LogP contribution is -2.36. The number of H-pyrrole nitrogens is 1. The van der Waals surface area contributed by atoms with Gasteiger partial charge in [0.05, 0.1) is 24.6 Å². The predicted octanol–water partition coefficient (Wildman–Crippen LogP) is 2.60. The van der Waals surface area contributed by atoms with Gasteiger partial charge in [0.2, 0.25) is 0 Å². The molecule has 1 aromatic carbocycles. The number of nitrogens with one attached hydrogen (secondary N) is 2. The molecule has 116 valence electrons. The molecule has 0 bridgehead atoms. The first-order valence-electron chi connectivity index (χ1n) is 7.12. The molecule has 1 amide bonds. The van der Waals surface area contributed by atoms with E-state index in [4.69, 9.17) is 4.74 Å². The highest BCUT2D eigenvalue weighted by atomic mass is 16.5. The quantitative estimate of drug-likeness (QED) is 0.834. The molecule has 0 saturated heterocycles. The zero-order valence-corrected chi connectivity index (χ0v) is 12.9. The molecule has 1 heterocycles. The topological polar surface area (TPSA) is 71.2 Å². The number of aromatic nitrogens is 1. The Labute approximate surface area is 129 Å². The monoisotopic (exact) mass is 300 g/mol. The van der Waals surface area contributed by atoms with Gasteiger partial charge in [-0.05, 0) is 25.5 Å². The number of ether oxygens (including phenoxy) is 1. The average molecular weight is 300 g/mol. The van der Waals surface area contributed by atoms with Crippen molar-refractivity contribution in [2.24, 2.45) is 5.92 Å². The van der Waals surface area contributed by atoms with E-state index in [0.29, 0.717) is 5.56 Å². The number of carbonyl (C=O) groups is 2. The summed E-state index contributed by atoms with van der Waals surface area (Å²) in [4.78, 5) is 27.3. The smallest absolute Gasteiger partial charge is 0.310 e. The molecule has 0 radical (unpaired) electrons. The highest BCUT2D eigenvalue weighted by Crippen LogP contribution is 2.23. The van der Waals surface area contributed by atoms with Crippen LogP contribution in [0.5, 0.6) is 0 Å². The molecule has 0 saturated carbocycles. The van der Waals surface area contributed by atoms with Crippen molar-refractivity contribution in [1.82, 2.24) is 10.3 Å². The van der Waals surface area contributed by atoms with Gasteiger partial charge >= 0.3 is 5.97 Å². The molecular weight excluding hydrogens is 280 g/mol. The second-order valence-electron chi connectivity index (χ2n) is 5.19. The van der Waals surface area contributed by atoms with Crippen LogP contribution in [0.2, 0.25) is 0 Å². The number of aryl methyl sites for hydroxylation is 1. The van der Waals surface area contributed by atoms with Crippen molar-refractivity contribution in [2.45, 2.75) is 19.9 Å². The number of rotatable bonds is 5. The van der Waals surface area contributed by atoms with Crippen molar-refractivity contribution in [3.63, 3.8) is 0 Å². The van der Waals surface area contributed by atoms with Gasteiger partial charge in [-0.15, -0.1) is 0 Å². The molecule has 0 aliphatic rings. The van der Waals surface area contributed by atoms with Gasteiger partial charge in [-0.1, -0.05) is 30.3 Å². The minimum Gasteiger partial charge on any atom is -0.469 e. The predicted molar refractivity (Wildman–Crippen MR) is 83.4 cm³/mol. The third-order valence-electron chi connectivity index (χ3n) is 3.72. The van der Waals surface area contributed by atoms with Crippen LogP contribution in [0.25, 0.3) is 0 Å². The first-order chi connectivity index (χ1) is 10.5. The maximum absolute atomic E-state index is 12.4. The molecule has 0 spiro atoms. The van der Waals surface area contributed by atoms with E-state index in [2.05, 4.69) is 10.3 Å². The van der Waals surface area contributed by atoms with Crippen LogP contribution in [0, 0.1) is 12.8 Å². The van der Waals surface area contributed by atoms with Gasteiger partial charge in [0, 0.05) is 11.9 Å². The number of hydrogen-bond acceptors (Lipinski definition) is 3. The number of hydrogen-bond donors (Lipinski definition) is 2. The van der Waals surface area contributed by atoms with Gasteiger partial charge in [0.15, 0.2) is 0 Å². The van der Waals surface area contributed by atoms with E-state index in [1.165, 1.54) is 7.11 Å². The second-order valence-corrected chi connectivity index (χ2v) is 5.19. The standard InChI is InChI=1S/C17H20N2O3/c1-11(17(21)22-3)15(13-7-5-4-6-8-13)19-16(20)14-9-10-18-12(14)2/h4-11,15,18H,1-3H3,(H,19,20)/t11-,15-/m0/s1. The molecule has 2 atom stereocenters. The molecular formula is C17H20N2O3. The summed E-state index contributed by atoms with van der Waals surface area (Å²) in [5.74, 6) is -1.07. The molecule has 0 fully saturated rings. The van der Waals surface area contributed by atoms with Crippen LogP contribution in [0.4, 0.5) is 0 Å². The van der Waals surface area contributed by atoms with Crippen molar-refractivity contribution in [3.05, 3.63) is 59.4 Å². The van der Waals surface area contributed by atoms with Gasteiger partial charge in [-0.25, -0.2) is 0 Å². The molecule has 0 aliphatic carbocycles. The molecule has 5 heteroatoms. The third kappa shape index (κ3) is 3.36. The normalized spacial score (nSPS) is 13.2. The molecule has 22 heavy (non-hydrogen) atoms. The lowest BCUT2D eigenvalue weighted by Gasteiger charge is -2.24. The van der Waals surface area contributed by atoms with Crippen LogP contribution in [0.1, 0.15) is 34.6 Å². The Hall–Kier alpha value is -2.56. The zero-order chi connectivity index (χ0) is 16.1. The maximum Gasteiger partial charge on any atom is 0.310 e. The van der Waals surface area contributed by atoms with Crippen LogP contribution < -0.4 is 5.32 Å². The SMILES string of the molecule is COC(=O)[C@@H](C)[C@H](NC(=O)c1cc[nH]c1C)c1ccccc1. The van der Waals surface area contributed by atoms with Gasteiger partial charge < -0.3 is 15.0 Å². The molecule has 2 aromatic rings. The van der Waals surface area contributed by atoms with Crippen LogP contribution in [0.3, 0.4) is 0 Å². The Bertz CT molecular complexity index is 649. The van der Waals surface area contributed by atoms with Crippen LogP contribution in [0.15, 0.2) is 42.6 Å².